The molecule has 5 rings (SSSR count). The summed E-state index contributed by atoms with van der Waals surface area (Å²) in [6, 6.07) is 13.5. The van der Waals surface area contributed by atoms with Gasteiger partial charge < -0.3 is 20.1 Å². The van der Waals surface area contributed by atoms with E-state index in [-0.39, 0.29) is 23.7 Å². The Morgan fingerprint density at radius 2 is 1.85 bits per heavy atom. The van der Waals surface area contributed by atoms with Crippen LogP contribution in [0.5, 0.6) is 0 Å². The summed E-state index contributed by atoms with van der Waals surface area (Å²) in [5.41, 5.74) is 0.284. The smallest absolute Gasteiger partial charge is 0.408 e. The van der Waals surface area contributed by atoms with Crippen molar-refractivity contribution in [3.05, 3.63) is 101 Å². The van der Waals surface area contributed by atoms with Crippen LogP contribution < -0.4 is 10.6 Å². The Kier molecular flexibility index (Phi) is 9.26. The van der Waals surface area contributed by atoms with E-state index in [1.54, 1.807) is 18.3 Å². The normalized spacial score (nSPS) is 19.3. The lowest BCUT2D eigenvalue weighted by Crippen LogP contribution is -2.42. The highest BCUT2D eigenvalue weighted by Crippen LogP contribution is 2.41. The molecule has 2 aromatic carbocycles. The molecule has 0 saturated carbocycles. The van der Waals surface area contributed by atoms with Crippen LogP contribution in [0, 0.1) is 11.2 Å². The molecule has 2 N–H and O–H groups in total. The monoisotopic (exact) mass is 641 g/mol. The molecule has 0 bridgehead atoms. The third-order valence-corrected chi connectivity index (χ3v) is 8.11. The number of rotatable bonds is 10. The van der Waals surface area contributed by atoms with Crippen LogP contribution >= 0.6 is 0 Å². The number of ether oxygens (including phenoxy) is 2. The number of halogens is 4. The molecule has 4 atom stereocenters. The molecule has 0 aliphatic carbocycles. The second-order valence-corrected chi connectivity index (χ2v) is 11.1. The van der Waals surface area contributed by atoms with Gasteiger partial charge in [-0.15, -0.1) is 0 Å². The van der Waals surface area contributed by atoms with Gasteiger partial charge >= 0.3 is 18.2 Å². The van der Waals surface area contributed by atoms with Crippen LogP contribution in [0.3, 0.4) is 0 Å². The van der Waals surface area contributed by atoms with Crippen molar-refractivity contribution in [3.8, 4) is 0 Å². The van der Waals surface area contributed by atoms with Crippen LogP contribution in [0.1, 0.15) is 54.1 Å². The molecule has 2 amide bonds. The van der Waals surface area contributed by atoms with Gasteiger partial charge in [0.25, 0.3) is 0 Å². The molecule has 1 aliphatic rings. The van der Waals surface area contributed by atoms with Gasteiger partial charge in [-0.05, 0) is 47.7 Å². The largest absolute Gasteiger partial charge is 0.468 e. The van der Waals surface area contributed by atoms with Crippen molar-refractivity contribution in [2.24, 2.45) is 5.41 Å². The number of esters is 1. The molecule has 46 heavy (non-hydrogen) atoms. The Morgan fingerprint density at radius 3 is 2.48 bits per heavy atom. The Bertz CT molecular complexity index is 1710. The maximum absolute atomic E-state index is 13.8. The molecule has 1 unspecified atom stereocenters. The Balaban J connectivity index is 1.46. The third kappa shape index (κ3) is 6.80. The molecule has 1 fully saturated rings. The van der Waals surface area contributed by atoms with Gasteiger partial charge in [-0.3, -0.25) is 9.59 Å². The molecule has 4 aromatic rings. The molecule has 0 spiro atoms. The molecule has 3 heterocycles. The number of amides is 2. The average Bonchev–Trinajstić information content (AvgIpc) is 3.62. The number of alkyl carbamates (subject to hydrolysis) is 1. The van der Waals surface area contributed by atoms with E-state index >= 15 is 0 Å². The van der Waals surface area contributed by atoms with Gasteiger partial charge in [0.2, 0.25) is 5.91 Å². The van der Waals surface area contributed by atoms with Crippen molar-refractivity contribution in [2.75, 3.05) is 7.11 Å². The fourth-order valence-electron chi connectivity index (χ4n) is 5.76. The molecule has 242 valence electrons. The summed E-state index contributed by atoms with van der Waals surface area (Å²) >= 11 is 0. The van der Waals surface area contributed by atoms with Crippen molar-refractivity contribution in [2.45, 2.75) is 57.0 Å². The predicted molar refractivity (Wildman–Crippen MR) is 156 cm³/mol. The number of fused-ring (bicyclic) bond motifs is 1. The minimum Gasteiger partial charge on any atom is -0.468 e. The Labute approximate surface area is 261 Å². The molecule has 1 saturated heterocycles. The maximum Gasteiger partial charge on any atom is 0.408 e. The SMILES string of the molecule is CC[C@@H](c1ccc(F)cc1)[C@H](NC(=O)OCc1ccccc1)c1cn2ncc(CC3(C(=O)OC)C[C@@H](C(F)(F)F)NC3=O)cc2n1. The Morgan fingerprint density at radius 1 is 1.13 bits per heavy atom. The van der Waals surface area contributed by atoms with Crippen LogP contribution in [0.4, 0.5) is 22.4 Å². The third-order valence-electron chi connectivity index (χ3n) is 8.11. The highest BCUT2D eigenvalue weighted by molar-refractivity contribution is 6.04. The number of alkyl halides is 3. The van der Waals surface area contributed by atoms with E-state index in [1.807, 2.05) is 42.6 Å². The molecule has 2 aromatic heterocycles. The van der Waals surface area contributed by atoms with Crippen molar-refractivity contribution in [1.82, 2.24) is 25.2 Å². The quantitative estimate of drug-likeness (QED) is 0.139. The van der Waals surface area contributed by atoms with Crippen LogP contribution in [0.2, 0.25) is 0 Å². The summed E-state index contributed by atoms with van der Waals surface area (Å²) in [5, 5.41) is 9.06. The number of imidazole rings is 1. The van der Waals surface area contributed by atoms with Crippen LogP contribution in [-0.2, 0) is 32.1 Å². The maximum atomic E-state index is 13.8. The number of carbonyl (C=O) groups excluding carboxylic acids is 3. The first-order valence-electron chi connectivity index (χ1n) is 14.5. The van der Waals surface area contributed by atoms with E-state index in [4.69, 9.17) is 9.47 Å². The summed E-state index contributed by atoms with van der Waals surface area (Å²) < 4.78 is 65.8. The minimum atomic E-state index is -4.75. The fraction of sp³-hybridized carbons (Fsp3) is 0.344. The summed E-state index contributed by atoms with van der Waals surface area (Å²) in [6.07, 6.45) is -3.30. The van der Waals surface area contributed by atoms with Gasteiger partial charge in [0.05, 0.1) is 31.2 Å². The molecule has 14 heteroatoms. The number of nitrogens with zero attached hydrogens (tertiary/aromatic N) is 3. The minimum absolute atomic E-state index is 0.0214. The van der Waals surface area contributed by atoms with E-state index in [1.165, 1.54) is 28.9 Å². The van der Waals surface area contributed by atoms with E-state index in [2.05, 4.69) is 15.4 Å². The number of hydrogen-bond donors (Lipinski definition) is 2. The lowest BCUT2D eigenvalue weighted by molar-refractivity contribution is -0.159. The van der Waals surface area contributed by atoms with Gasteiger partial charge in [-0.25, -0.2) is 18.7 Å². The summed E-state index contributed by atoms with van der Waals surface area (Å²) in [7, 11) is 1.00. The van der Waals surface area contributed by atoms with Gasteiger partial charge in [0, 0.05) is 12.3 Å². The number of carbonyl (C=O) groups is 3. The van der Waals surface area contributed by atoms with Crippen LogP contribution in [0.25, 0.3) is 5.65 Å². The van der Waals surface area contributed by atoms with E-state index in [9.17, 15) is 31.9 Å². The van der Waals surface area contributed by atoms with Gasteiger partial charge in [-0.2, -0.15) is 18.3 Å². The summed E-state index contributed by atoms with van der Waals surface area (Å²) in [6.45, 7) is 1.92. The number of aromatic nitrogens is 3. The van der Waals surface area contributed by atoms with Gasteiger partial charge in [0.15, 0.2) is 11.1 Å². The first kappa shape index (κ1) is 32.4. The molecular weight excluding hydrogens is 610 g/mol. The number of benzene rings is 2. The first-order valence-corrected chi connectivity index (χ1v) is 14.5. The lowest BCUT2D eigenvalue weighted by atomic mass is 9.79. The number of nitrogens with one attached hydrogen (secondary N) is 2. The zero-order chi connectivity index (χ0) is 33.1. The van der Waals surface area contributed by atoms with Crippen LogP contribution in [-0.4, -0.2) is 51.9 Å². The summed E-state index contributed by atoms with van der Waals surface area (Å²) in [5.74, 6) is -2.98. The van der Waals surface area contributed by atoms with Gasteiger partial charge in [0.1, 0.15) is 18.5 Å². The topological polar surface area (TPSA) is 124 Å². The summed E-state index contributed by atoms with van der Waals surface area (Å²) in [4.78, 5) is 43.2. The van der Waals surface area contributed by atoms with Crippen LogP contribution in [0.15, 0.2) is 73.1 Å². The molecule has 1 aliphatic heterocycles. The second kappa shape index (κ2) is 13.2. The second-order valence-electron chi connectivity index (χ2n) is 11.1. The number of methoxy groups -OCH3 is 1. The fourth-order valence-corrected chi connectivity index (χ4v) is 5.76. The molecular formula is C32H31F4N5O5. The highest BCUT2D eigenvalue weighted by Gasteiger charge is 2.60. The van der Waals surface area contributed by atoms with E-state index in [0.717, 1.165) is 18.2 Å². The zero-order valence-electron chi connectivity index (χ0n) is 24.9. The lowest BCUT2D eigenvalue weighted by Gasteiger charge is -2.26. The number of hydrogen-bond acceptors (Lipinski definition) is 7. The Hall–Kier alpha value is -5.01. The van der Waals surface area contributed by atoms with Crippen molar-refractivity contribution in [1.29, 1.82) is 0 Å². The van der Waals surface area contributed by atoms with Gasteiger partial charge in [-0.1, -0.05) is 49.4 Å². The van der Waals surface area contributed by atoms with Crippen molar-refractivity contribution in [3.63, 3.8) is 0 Å². The van der Waals surface area contributed by atoms with E-state index < -0.39 is 60.3 Å². The standard InChI is InChI=1S/C32H31F4N5O5/c1-3-23(21-9-11-22(33)12-10-21)27(40-30(44)46-18-19-7-5-4-6-8-19)24-17-41-26(38-24)13-20(16-37-41)14-31(29(43)45-2)15-25(32(34,35)36)39-28(31)42/h4-13,16-17,23,25,27H,3,14-15,18H2,1-2H3,(H,39,42)(H,40,44)/t23-,25-,27-,31?/m0/s1. The van der Waals surface area contributed by atoms with Crippen molar-refractivity contribution >= 4 is 23.6 Å². The van der Waals surface area contributed by atoms with E-state index in [0.29, 0.717) is 12.1 Å². The predicted octanol–water partition coefficient (Wildman–Crippen LogP) is 5.18. The van der Waals surface area contributed by atoms with Crippen molar-refractivity contribution < 1.29 is 41.4 Å². The average molecular weight is 642 g/mol. The zero-order valence-corrected chi connectivity index (χ0v) is 24.9. The molecule has 0 radical (unpaired) electrons. The molecule has 10 nitrogen and oxygen atoms in total. The first-order chi connectivity index (χ1) is 21.9. The highest BCUT2D eigenvalue weighted by atomic mass is 19.4.